The van der Waals surface area contributed by atoms with Crippen LogP contribution >= 0.6 is 15.9 Å². The summed E-state index contributed by atoms with van der Waals surface area (Å²) < 4.78 is 26.5. The van der Waals surface area contributed by atoms with Crippen LogP contribution in [0.2, 0.25) is 0 Å². The highest BCUT2D eigenvalue weighted by atomic mass is 79.9. The molecule has 1 unspecified atom stereocenters. The van der Waals surface area contributed by atoms with Crippen LogP contribution in [0.1, 0.15) is 13.3 Å². The molecule has 0 saturated heterocycles. The predicted molar refractivity (Wildman–Crippen MR) is 72.3 cm³/mol. The average molecular weight is 353 g/mol. The number of halogens is 1. The average Bonchev–Trinajstić information content (AvgIpc) is 2.35. The summed E-state index contributed by atoms with van der Waals surface area (Å²) in [4.78, 5) is 9.62. The normalized spacial score (nSPS) is 13.2. The SMILES string of the molecule is CCC(O)CNS(=O)(=O)c1cc(Br)ccc1[N+](=O)[O-]. The van der Waals surface area contributed by atoms with E-state index in [9.17, 15) is 23.6 Å². The number of benzene rings is 1. The van der Waals surface area contributed by atoms with Gasteiger partial charge in [-0.1, -0.05) is 22.9 Å². The minimum atomic E-state index is -4.05. The number of nitrogens with one attached hydrogen (secondary N) is 1. The van der Waals surface area contributed by atoms with Crippen molar-refractivity contribution >= 4 is 31.6 Å². The van der Waals surface area contributed by atoms with E-state index >= 15 is 0 Å². The summed E-state index contributed by atoms with van der Waals surface area (Å²) in [6.07, 6.45) is -0.454. The van der Waals surface area contributed by atoms with Crippen LogP contribution < -0.4 is 4.72 Å². The molecule has 0 saturated carbocycles. The summed E-state index contributed by atoms with van der Waals surface area (Å²) in [5.74, 6) is 0. The molecule has 0 aliphatic carbocycles. The minimum Gasteiger partial charge on any atom is -0.392 e. The Morgan fingerprint density at radius 2 is 2.16 bits per heavy atom. The van der Waals surface area contributed by atoms with E-state index in [1.165, 1.54) is 6.07 Å². The van der Waals surface area contributed by atoms with Crippen LogP contribution in [-0.2, 0) is 10.0 Å². The van der Waals surface area contributed by atoms with Gasteiger partial charge < -0.3 is 5.11 Å². The molecule has 7 nitrogen and oxygen atoms in total. The van der Waals surface area contributed by atoms with Crippen LogP contribution in [0.3, 0.4) is 0 Å². The second-order valence-electron chi connectivity index (χ2n) is 3.78. The van der Waals surface area contributed by atoms with E-state index in [1.807, 2.05) is 0 Å². The number of aliphatic hydroxyl groups excluding tert-OH is 1. The molecule has 0 aromatic heterocycles. The number of aliphatic hydroxyl groups is 1. The first-order valence-corrected chi connectivity index (χ1v) is 7.67. The number of rotatable bonds is 6. The number of nitrogens with zero attached hydrogens (tertiary/aromatic N) is 1. The molecular formula is C10H13BrN2O5S. The largest absolute Gasteiger partial charge is 0.392 e. The molecule has 106 valence electrons. The van der Waals surface area contributed by atoms with Gasteiger partial charge in [-0.05, 0) is 18.6 Å². The third kappa shape index (κ3) is 4.23. The molecule has 0 spiro atoms. The summed E-state index contributed by atoms with van der Waals surface area (Å²) in [6, 6.07) is 3.64. The van der Waals surface area contributed by atoms with Crippen LogP contribution in [0.5, 0.6) is 0 Å². The van der Waals surface area contributed by atoms with Crippen molar-refractivity contribution in [3.05, 3.63) is 32.8 Å². The molecule has 19 heavy (non-hydrogen) atoms. The first-order chi connectivity index (χ1) is 8.77. The number of nitro groups is 1. The Kier molecular flexibility index (Phi) is 5.41. The van der Waals surface area contributed by atoms with Gasteiger partial charge in [0.1, 0.15) is 0 Å². The molecule has 0 bridgehead atoms. The summed E-state index contributed by atoms with van der Waals surface area (Å²) in [5, 5.41) is 20.2. The third-order valence-electron chi connectivity index (χ3n) is 2.39. The van der Waals surface area contributed by atoms with E-state index < -0.39 is 31.6 Å². The monoisotopic (exact) mass is 352 g/mol. The van der Waals surface area contributed by atoms with Crippen LogP contribution in [0.4, 0.5) is 5.69 Å². The van der Waals surface area contributed by atoms with Crippen LogP contribution in [0.25, 0.3) is 0 Å². The first kappa shape index (κ1) is 16.0. The van der Waals surface area contributed by atoms with Gasteiger partial charge >= 0.3 is 0 Å². The van der Waals surface area contributed by atoms with E-state index in [1.54, 1.807) is 6.92 Å². The van der Waals surface area contributed by atoms with Gasteiger partial charge in [-0.15, -0.1) is 0 Å². The quantitative estimate of drug-likeness (QED) is 0.594. The lowest BCUT2D eigenvalue weighted by Gasteiger charge is -2.10. The fraction of sp³-hybridized carbons (Fsp3) is 0.400. The van der Waals surface area contributed by atoms with Gasteiger partial charge in [0.05, 0.1) is 11.0 Å². The highest BCUT2D eigenvalue weighted by molar-refractivity contribution is 9.10. The van der Waals surface area contributed by atoms with Crippen LogP contribution in [-0.4, -0.2) is 31.1 Å². The zero-order chi connectivity index (χ0) is 14.6. The first-order valence-electron chi connectivity index (χ1n) is 5.39. The molecule has 1 aromatic carbocycles. The van der Waals surface area contributed by atoms with Crippen molar-refractivity contribution in [2.75, 3.05) is 6.54 Å². The third-order valence-corrected chi connectivity index (χ3v) is 4.33. The van der Waals surface area contributed by atoms with E-state index in [0.29, 0.717) is 10.9 Å². The predicted octanol–water partition coefficient (Wildman–Crippen LogP) is 1.41. The van der Waals surface area contributed by atoms with Gasteiger partial charge in [0.25, 0.3) is 5.69 Å². The molecular weight excluding hydrogens is 340 g/mol. The van der Waals surface area contributed by atoms with Crippen molar-refractivity contribution in [2.45, 2.75) is 24.3 Å². The van der Waals surface area contributed by atoms with Gasteiger partial charge in [-0.2, -0.15) is 0 Å². The van der Waals surface area contributed by atoms with Gasteiger partial charge in [-0.3, -0.25) is 10.1 Å². The second-order valence-corrected chi connectivity index (χ2v) is 6.43. The Bertz CT molecular complexity index is 575. The summed E-state index contributed by atoms with van der Waals surface area (Å²) in [5.41, 5.74) is -0.512. The standard InChI is InChI=1S/C10H13BrN2O5S/c1-2-8(14)6-12-19(17,18)10-5-7(11)3-4-9(10)13(15)16/h3-5,8,12,14H,2,6H2,1H3. The molecule has 0 amide bonds. The van der Waals surface area contributed by atoms with Crippen LogP contribution in [0.15, 0.2) is 27.6 Å². The molecule has 0 fully saturated rings. The fourth-order valence-corrected chi connectivity index (χ4v) is 3.06. The Morgan fingerprint density at radius 3 is 2.68 bits per heavy atom. The number of sulfonamides is 1. The zero-order valence-corrected chi connectivity index (χ0v) is 12.4. The lowest BCUT2D eigenvalue weighted by molar-refractivity contribution is -0.387. The molecule has 1 rings (SSSR count). The van der Waals surface area contributed by atoms with E-state index in [0.717, 1.165) is 12.1 Å². The molecule has 9 heteroatoms. The minimum absolute atomic E-state index is 0.192. The molecule has 0 aliphatic rings. The van der Waals surface area contributed by atoms with Crippen molar-refractivity contribution < 1.29 is 18.4 Å². The summed E-state index contributed by atoms with van der Waals surface area (Å²) in [7, 11) is -4.05. The van der Waals surface area contributed by atoms with Crippen molar-refractivity contribution in [1.82, 2.24) is 4.72 Å². The maximum atomic E-state index is 12.0. The number of hydrogen-bond donors (Lipinski definition) is 2. The Morgan fingerprint density at radius 1 is 1.53 bits per heavy atom. The van der Waals surface area contributed by atoms with E-state index in [-0.39, 0.29) is 6.54 Å². The highest BCUT2D eigenvalue weighted by Crippen LogP contribution is 2.26. The van der Waals surface area contributed by atoms with Gasteiger partial charge in [0.2, 0.25) is 10.0 Å². The molecule has 1 atom stereocenters. The summed E-state index contributed by atoms with van der Waals surface area (Å²) in [6.45, 7) is 1.50. The smallest absolute Gasteiger partial charge is 0.289 e. The maximum absolute atomic E-state index is 12.0. The van der Waals surface area contributed by atoms with Crippen molar-refractivity contribution in [3.63, 3.8) is 0 Å². The number of nitro benzene ring substituents is 1. The highest BCUT2D eigenvalue weighted by Gasteiger charge is 2.26. The van der Waals surface area contributed by atoms with Gasteiger partial charge in [-0.25, -0.2) is 13.1 Å². The molecule has 0 heterocycles. The Hall–Kier alpha value is -1.03. The lowest BCUT2D eigenvalue weighted by atomic mass is 10.3. The van der Waals surface area contributed by atoms with E-state index in [4.69, 9.17) is 0 Å². The lowest BCUT2D eigenvalue weighted by Crippen LogP contribution is -2.32. The van der Waals surface area contributed by atoms with Crippen molar-refractivity contribution in [3.8, 4) is 0 Å². The second kappa shape index (κ2) is 6.42. The fourth-order valence-electron chi connectivity index (χ4n) is 1.28. The Balaban J connectivity index is 3.13. The van der Waals surface area contributed by atoms with Crippen molar-refractivity contribution in [2.24, 2.45) is 0 Å². The molecule has 0 radical (unpaired) electrons. The van der Waals surface area contributed by atoms with Gasteiger partial charge in [0, 0.05) is 17.1 Å². The maximum Gasteiger partial charge on any atom is 0.289 e. The molecule has 1 aromatic rings. The Labute approximate surface area is 119 Å². The van der Waals surface area contributed by atoms with E-state index in [2.05, 4.69) is 20.7 Å². The number of hydrogen-bond acceptors (Lipinski definition) is 5. The van der Waals surface area contributed by atoms with Crippen LogP contribution in [0, 0.1) is 10.1 Å². The molecule has 2 N–H and O–H groups in total. The zero-order valence-electron chi connectivity index (χ0n) is 10.0. The van der Waals surface area contributed by atoms with Gasteiger partial charge in [0.15, 0.2) is 4.90 Å². The molecule has 0 aliphatic heterocycles. The topological polar surface area (TPSA) is 110 Å². The van der Waals surface area contributed by atoms with Crippen molar-refractivity contribution in [1.29, 1.82) is 0 Å². The summed E-state index contributed by atoms with van der Waals surface area (Å²) >= 11 is 3.07.